The summed E-state index contributed by atoms with van der Waals surface area (Å²) in [4.78, 5) is 142. The van der Waals surface area contributed by atoms with Crippen LogP contribution in [0.3, 0.4) is 0 Å². The summed E-state index contributed by atoms with van der Waals surface area (Å²) in [6.45, 7) is 6.78. The van der Waals surface area contributed by atoms with Crippen LogP contribution in [-0.4, -0.2) is 214 Å². The topological polar surface area (TPSA) is 421 Å². The number of primary amides is 1. The van der Waals surface area contributed by atoms with E-state index in [0.29, 0.717) is 114 Å². The summed E-state index contributed by atoms with van der Waals surface area (Å²) in [5, 5.41) is 34.3. The summed E-state index contributed by atoms with van der Waals surface area (Å²) in [5.74, 6) is -4.13. The van der Waals surface area contributed by atoms with Crippen molar-refractivity contribution in [1.29, 1.82) is 0 Å². The van der Waals surface area contributed by atoms with Crippen molar-refractivity contribution < 1.29 is 62.2 Å². The zero-order valence-corrected chi connectivity index (χ0v) is 51.6. The molecule has 2 unspecified atom stereocenters. The van der Waals surface area contributed by atoms with E-state index < -0.39 is 90.1 Å². The van der Waals surface area contributed by atoms with Gasteiger partial charge in [-0.25, -0.2) is 9.78 Å². The Hall–Kier alpha value is -6.96. The molecule has 6 rings (SSSR count). The normalized spacial score (nSPS) is 24.4. The molecule has 2 aromatic heterocycles. The van der Waals surface area contributed by atoms with Gasteiger partial charge in [0.05, 0.1) is 68.8 Å². The minimum atomic E-state index is -1.24. The number of fused-ring (bicyclic) bond motifs is 4. The monoisotopic (exact) mass is 1260 g/mol. The van der Waals surface area contributed by atoms with Crippen LogP contribution in [0.5, 0.6) is 0 Å². The molecule has 4 aliphatic heterocycles. The molecule has 4 aliphatic rings. The molecule has 490 valence electrons. The van der Waals surface area contributed by atoms with Gasteiger partial charge in [-0.1, -0.05) is 25.5 Å². The average molecular weight is 1260 g/mol. The minimum Gasteiger partial charge on any atom is -0.379 e. The maximum atomic E-state index is 14.2. The third-order valence-corrected chi connectivity index (χ3v) is 17.1. The molecule has 11 amide bonds. The Balaban J connectivity index is 0.970. The van der Waals surface area contributed by atoms with E-state index in [2.05, 4.69) is 68.1 Å². The van der Waals surface area contributed by atoms with E-state index in [1.54, 1.807) is 17.1 Å². The molecule has 3 fully saturated rings. The van der Waals surface area contributed by atoms with Gasteiger partial charge in [0.15, 0.2) is 0 Å². The van der Waals surface area contributed by atoms with Crippen LogP contribution in [0, 0.1) is 5.92 Å². The lowest BCUT2D eigenvalue weighted by Gasteiger charge is -2.28. The van der Waals surface area contributed by atoms with Gasteiger partial charge in [-0.05, 0) is 95.8 Å². The summed E-state index contributed by atoms with van der Waals surface area (Å²) in [5.41, 5.74) is 12.7. The Kier molecular flexibility index (Phi) is 30.1. The number of thioether (sulfide) groups is 1. The molecule has 2 aromatic rings. The van der Waals surface area contributed by atoms with Gasteiger partial charge in [-0.15, -0.1) is 5.10 Å². The van der Waals surface area contributed by atoms with Crippen molar-refractivity contribution in [1.82, 2.24) is 77.7 Å². The summed E-state index contributed by atoms with van der Waals surface area (Å²) < 4.78 is 18.5. The molecule has 31 heteroatoms. The molecule has 0 radical (unpaired) electrons. The van der Waals surface area contributed by atoms with Crippen LogP contribution in [0.4, 0.5) is 4.79 Å². The Morgan fingerprint density at radius 2 is 1.43 bits per heavy atom. The molecule has 0 aliphatic carbocycles. The largest absolute Gasteiger partial charge is 0.379 e. The van der Waals surface area contributed by atoms with Gasteiger partial charge in [0.2, 0.25) is 53.2 Å². The number of nitrogens with zero attached hydrogens (tertiary/aromatic N) is 5. The number of ether oxygens (including phenoxy) is 3. The number of hydrogen-bond donors (Lipinski definition) is 12. The molecule has 14 N–H and O–H groups in total. The predicted molar refractivity (Wildman–Crippen MR) is 322 cm³/mol. The van der Waals surface area contributed by atoms with Crippen molar-refractivity contribution in [3.8, 4) is 0 Å². The van der Waals surface area contributed by atoms with Gasteiger partial charge in [-0.3, -0.25) is 47.8 Å². The van der Waals surface area contributed by atoms with E-state index in [0.717, 1.165) is 25.0 Å². The van der Waals surface area contributed by atoms with Crippen LogP contribution in [0.15, 0.2) is 18.7 Å². The lowest BCUT2D eigenvalue weighted by atomic mass is 10.0. The third-order valence-electron chi connectivity index (χ3n) is 15.5. The molecule has 0 spiro atoms. The van der Waals surface area contributed by atoms with Crippen LogP contribution in [-0.2, 0) is 76.7 Å². The van der Waals surface area contributed by atoms with Crippen molar-refractivity contribution in [2.24, 2.45) is 17.4 Å². The van der Waals surface area contributed by atoms with Gasteiger partial charge in [-0.2, -0.15) is 11.8 Å². The lowest BCUT2D eigenvalue weighted by molar-refractivity contribution is -0.140. The highest BCUT2D eigenvalue weighted by Gasteiger charge is 2.43. The van der Waals surface area contributed by atoms with Gasteiger partial charge >= 0.3 is 6.03 Å². The number of aromatic amines is 1. The van der Waals surface area contributed by atoms with E-state index >= 15 is 0 Å². The Labute approximate surface area is 517 Å². The standard InChI is InChI=1S/C57H93N17O13S/c1-36(2)29-43-55(82)66-42(18-17-37-31-60-35-64-37)53(80)63-32-49(77)74-22-8-13-45(74)56(83)67-40(11-5-6-21-73-33-38(71-72-73)30-39(58)51(78)65-41(54(81)68-43)12-7-15-47(59)75)52(79)62-20-10-24-86-26-28-87-27-25-85-23-9-19-61-48(76)16-4-3-14-46-50-44(34-88-46)69-57(84)70-50/h31,33,35-36,39-46,50H,3-30,32,34,58H2,1-2H3,(H2,59,75)(H,60,64)(H,61,76)(H,62,79)(H,63,80)(H,65,78)(H,66,82)(H,67,83)(H,68,81)(H2,69,70,84)/t39-,40-,41-,42-,43-,44+,45?,46?,50+/m0/s1. The number of nitrogens with two attached hydrogens (primary N) is 2. The first-order valence-corrected chi connectivity index (χ1v) is 32.1. The SMILES string of the molecule is CC(C)C[C@@H]1NC(=O)[C@H](CCCC(N)=O)NC(=O)[C@@H](N)Cc2cn(nn2)CCCC[C@@H](C(=O)NCCCOCCOCCOCCCNC(=O)CCCCC2SC[C@H]3NC(=O)N[C@@H]23)NC(=O)C2CCCN2C(=O)CNC(=O)[C@H](CCc2c[nH]cn2)NC1=O. The summed E-state index contributed by atoms with van der Waals surface area (Å²) >= 11 is 1.88. The quantitative estimate of drug-likeness (QED) is 0.0317. The van der Waals surface area contributed by atoms with Crippen LogP contribution in [0.2, 0.25) is 0 Å². The first-order valence-electron chi connectivity index (χ1n) is 31.1. The fourth-order valence-electron chi connectivity index (χ4n) is 10.8. The highest BCUT2D eigenvalue weighted by atomic mass is 32.2. The number of rotatable bonds is 29. The highest BCUT2D eigenvalue weighted by molar-refractivity contribution is 8.00. The number of imidazole rings is 1. The maximum Gasteiger partial charge on any atom is 0.315 e. The predicted octanol–water partition coefficient (Wildman–Crippen LogP) is -1.78. The van der Waals surface area contributed by atoms with Crippen molar-refractivity contribution in [2.45, 2.75) is 190 Å². The van der Waals surface area contributed by atoms with Crippen molar-refractivity contribution in [3.63, 3.8) is 0 Å². The molecule has 0 saturated carbocycles. The second-order valence-corrected chi connectivity index (χ2v) is 24.4. The number of amides is 11. The zero-order valence-electron chi connectivity index (χ0n) is 50.8. The zero-order chi connectivity index (χ0) is 63.2. The molecule has 30 nitrogen and oxygen atoms in total. The number of unbranched alkanes of at least 4 members (excludes halogenated alkanes) is 1. The van der Waals surface area contributed by atoms with E-state index in [9.17, 15) is 47.9 Å². The van der Waals surface area contributed by atoms with Gasteiger partial charge < -0.3 is 83.4 Å². The summed E-state index contributed by atoms with van der Waals surface area (Å²) in [6.07, 6.45) is 11.5. The van der Waals surface area contributed by atoms with Crippen molar-refractivity contribution in [2.75, 3.05) is 71.6 Å². The second kappa shape index (κ2) is 37.8. The van der Waals surface area contributed by atoms with E-state index in [1.807, 2.05) is 25.6 Å². The number of hydrogen-bond acceptors (Lipinski definition) is 18. The molecular formula is C57H93N17O13S. The summed E-state index contributed by atoms with van der Waals surface area (Å²) in [7, 11) is 0. The maximum absolute atomic E-state index is 14.2. The Morgan fingerprint density at radius 1 is 0.727 bits per heavy atom. The molecule has 3 saturated heterocycles. The van der Waals surface area contributed by atoms with E-state index in [4.69, 9.17) is 25.7 Å². The molecule has 88 heavy (non-hydrogen) atoms. The number of carbonyl (C=O) groups is 10. The average Bonchev–Trinajstić information content (AvgIpc) is 3.06. The first-order chi connectivity index (χ1) is 42.4. The molecule has 6 heterocycles. The van der Waals surface area contributed by atoms with Crippen LogP contribution in [0.1, 0.15) is 128 Å². The second-order valence-electron chi connectivity index (χ2n) is 23.1. The van der Waals surface area contributed by atoms with Gasteiger partial charge in [0, 0.05) is 82.1 Å². The minimum absolute atomic E-state index is 0.0195. The fourth-order valence-corrected chi connectivity index (χ4v) is 12.4. The lowest BCUT2D eigenvalue weighted by Crippen LogP contribution is -2.58. The molecule has 2 bridgehead atoms. The number of carbonyl (C=O) groups excluding carboxylic acids is 10. The van der Waals surface area contributed by atoms with Crippen LogP contribution < -0.4 is 59.3 Å². The van der Waals surface area contributed by atoms with Crippen LogP contribution in [0.25, 0.3) is 0 Å². The summed E-state index contributed by atoms with van der Waals surface area (Å²) in [6, 6.07) is -6.44. The number of aromatic nitrogens is 5. The number of urea groups is 1. The van der Waals surface area contributed by atoms with E-state index in [1.165, 1.54) is 11.2 Å². The fraction of sp³-hybridized carbons (Fsp3) is 0.737. The van der Waals surface area contributed by atoms with Crippen molar-refractivity contribution >= 4 is 71.0 Å². The first kappa shape index (κ1) is 70.1. The number of nitrogens with one attached hydrogen (secondary N) is 10. The smallest absolute Gasteiger partial charge is 0.315 e. The van der Waals surface area contributed by atoms with Crippen LogP contribution >= 0.6 is 11.8 Å². The number of aryl methyl sites for hydroxylation is 2. The van der Waals surface area contributed by atoms with Gasteiger partial charge in [0.25, 0.3) is 0 Å². The van der Waals surface area contributed by atoms with Crippen molar-refractivity contribution in [3.05, 3.63) is 30.1 Å². The molecule has 0 aromatic carbocycles. The molecular weight excluding hydrogens is 1160 g/mol. The third kappa shape index (κ3) is 24.5. The molecule has 9 atom stereocenters. The Bertz CT molecular complexity index is 2580. The Morgan fingerprint density at radius 3 is 2.16 bits per heavy atom. The number of H-pyrrole nitrogens is 1. The van der Waals surface area contributed by atoms with Gasteiger partial charge in [0.1, 0.15) is 30.2 Å². The van der Waals surface area contributed by atoms with E-state index in [-0.39, 0.29) is 94.4 Å². The highest BCUT2D eigenvalue weighted by Crippen LogP contribution is 2.33.